The number of aromatic nitrogens is 3. The van der Waals surface area contributed by atoms with Gasteiger partial charge in [-0.05, 0) is 0 Å². The molecule has 70 valence electrons. The lowest BCUT2D eigenvalue weighted by molar-refractivity contribution is 0.561. The third kappa shape index (κ3) is 1.73. The maximum absolute atomic E-state index is 11.4. The monoisotopic (exact) mass is 189 g/mol. The first-order valence-electron chi connectivity index (χ1n) is 3.74. The molecule has 0 atom stereocenters. The maximum atomic E-state index is 11.4. The third-order valence-electron chi connectivity index (χ3n) is 1.52. The smallest absolute Gasteiger partial charge is 0.267 e. The highest BCUT2D eigenvalue weighted by Gasteiger charge is 2.03. The Morgan fingerprint density at radius 2 is 1.93 bits per heavy atom. The van der Waals surface area contributed by atoms with Crippen LogP contribution < -0.4 is 11.2 Å². The number of rotatable bonds is 2. The van der Waals surface area contributed by atoms with E-state index in [1.165, 1.54) is 0 Å². The van der Waals surface area contributed by atoms with Gasteiger partial charge in [-0.2, -0.15) is 5.10 Å². The van der Waals surface area contributed by atoms with E-state index < -0.39 is 11.2 Å². The molecule has 5 heteroatoms. The summed E-state index contributed by atoms with van der Waals surface area (Å²) in [5, 5.41) is 3.57. The highest BCUT2D eigenvalue weighted by molar-refractivity contribution is 4.90. The number of terminal acetylenes is 2. The molecule has 0 aliphatic heterocycles. The van der Waals surface area contributed by atoms with Crippen LogP contribution in [-0.2, 0) is 13.1 Å². The van der Waals surface area contributed by atoms with Gasteiger partial charge >= 0.3 is 5.69 Å². The molecule has 1 heterocycles. The Morgan fingerprint density at radius 3 is 2.50 bits per heavy atom. The van der Waals surface area contributed by atoms with Crippen molar-refractivity contribution in [1.29, 1.82) is 0 Å². The van der Waals surface area contributed by atoms with Crippen LogP contribution in [0.25, 0.3) is 0 Å². The zero-order chi connectivity index (χ0) is 10.6. The van der Waals surface area contributed by atoms with Gasteiger partial charge in [-0.25, -0.2) is 14.0 Å². The van der Waals surface area contributed by atoms with Crippen LogP contribution in [0.5, 0.6) is 0 Å². The van der Waals surface area contributed by atoms with Crippen molar-refractivity contribution in [1.82, 2.24) is 14.3 Å². The molecule has 0 saturated carbocycles. The second kappa shape index (κ2) is 4.11. The van der Waals surface area contributed by atoms with Gasteiger partial charge in [-0.3, -0.25) is 4.79 Å². The van der Waals surface area contributed by atoms with Crippen molar-refractivity contribution in [3.8, 4) is 24.7 Å². The summed E-state index contributed by atoms with van der Waals surface area (Å²) in [4.78, 5) is 22.6. The molecule has 0 spiro atoms. The molecule has 0 amide bonds. The average Bonchev–Trinajstić information content (AvgIpc) is 2.17. The topological polar surface area (TPSA) is 56.9 Å². The largest absolute Gasteiger partial charge is 0.349 e. The minimum absolute atomic E-state index is 0.0175. The minimum atomic E-state index is -0.589. The molecule has 0 unspecified atom stereocenters. The lowest BCUT2D eigenvalue weighted by atomic mass is 10.6. The Morgan fingerprint density at radius 1 is 1.29 bits per heavy atom. The van der Waals surface area contributed by atoms with Crippen molar-refractivity contribution >= 4 is 0 Å². The minimum Gasteiger partial charge on any atom is -0.267 e. The van der Waals surface area contributed by atoms with E-state index in [2.05, 4.69) is 16.9 Å². The maximum Gasteiger partial charge on any atom is 0.349 e. The summed E-state index contributed by atoms with van der Waals surface area (Å²) in [5.74, 6) is 4.45. The van der Waals surface area contributed by atoms with Gasteiger partial charge in [0.1, 0.15) is 12.7 Å². The summed E-state index contributed by atoms with van der Waals surface area (Å²) in [6, 6.07) is 0. The van der Waals surface area contributed by atoms with Crippen LogP contribution in [0, 0.1) is 24.7 Å². The van der Waals surface area contributed by atoms with Crippen molar-refractivity contribution < 1.29 is 0 Å². The molecule has 0 radical (unpaired) electrons. The Kier molecular flexibility index (Phi) is 2.88. The molecule has 0 saturated heterocycles. The number of nitrogens with zero attached hydrogens (tertiary/aromatic N) is 3. The summed E-state index contributed by atoms with van der Waals surface area (Å²) in [6.45, 7) is -0.0611. The Bertz CT molecular complexity index is 525. The summed E-state index contributed by atoms with van der Waals surface area (Å²) in [7, 11) is 0. The molecule has 0 aliphatic carbocycles. The van der Waals surface area contributed by atoms with Crippen molar-refractivity contribution in [3.05, 3.63) is 27.0 Å². The summed E-state index contributed by atoms with van der Waals surface area (Å²) >= 11 is 0. The quantitative estimate of drug-likeness (QED) is 0.542. The summed E-state index contributed by atoms with van der Waals surface area (Å²) in [6.07, 6.45) is 11.0. The van der Waals surface area contributed by atoms with Gasteiger partial charge in [0.05, 0.1) is 6.54 Å². The first-order valence-corrected chi connectivity index (χ1v) is 3.74. The molecule has 5 nitrogen and oxygen atoms in total. The zero-order valence-electron chi connectivity index (χ0n) is 7.30. The molecule has 0 bridgehead atoms. The van der Waals surface area contributed by atoms with Crippen LogP contribution in [0.3, 0.4) is 0 Å². The second-order valence-corrected chi connectivity index (χ2v) is 2.42. The fourth-order valence-corrected chi connectivity index (χ4v) is 0.904. The highest BCUT2D eigenvalue weighted by Crippen LogP contribution is 1.72. The van der Waals surface area contributed by atoms with E-state index >= 15 is 0 Å². The normalized spacial score (nSPS) is 9.00. The predicted molar refractivity (Wildman–Crippen MR) is 50.4 cm³/mol. The van der Waals surface area contributed by atoms with Crippen molar-refractivity contribution in [2.24, 2.45) is 0 Å². The fraction of sp³-hybridized carbons (Fsp3) is 0.222. The van der Waals surface area contributed by atoms with Crippen LogP contribution in [0.2, 0.25) is 0 Å². The molecule has 1 rings (SSSR count). The molecular weight excluding hydrogens is 182 g/mol. The van der Waals surface area contributed by atoms with E-state index in [9.17, 15) is 9.59 Å². The van der Waals surface area contributed by atoms with E-state index in [1.54, 1.807) is 0 Å². The molecule has 14 heavy (non-hydrogen) atoms. The molecule has 1 aromatic heterocycles. The van der Waals surface area contributed by atoms with Crippen molar-refractivity contribution in [2.75, 3.05) is 0 Å². The SMILES string of the molecule is C#CCn1ncc(=O)n(CC#C)c1=O. The van der Waals surface area contributed by atoms with E-state index in [-0.39, 0.29) is 13.1 Å². The van der Waals surface area contributed by atoms with E-state index in [0.717, 1.165) is 15.4 Å². The highest BCUT2D eigenvalue weighted by atomic mass is 16.2. The van der Waals surface area contributed by atoms with Gasteiger partial charge in [0.15, 0.2) is 0 Å². The lowest BCUT2D eigenvalue weighted by Crippen LogP contribution is -2.40. The van der Waals surface area contributed by atoms with E-state index in [4.69, 9.17) is 12.8 Å². The van der Waals surface area contributed by atoms with Gasteiger partial charge in [0, 0.05) is 0 Å². The van der Waals surface area contributed by atoms with Crippen molar-refractivity contribution in [3.63, 3.8) is 0 Å². The standard InChI is InChI=1S/C9H7N3O2/c1-3-5-11-8(13)7-10-12(6-4-2)9(11)14/h1-2,7H,5-6H2. The molecule has 1 aromatic rings. The van der Waals surface area contributed by atoms with Crippen LogP contribution in [0.1, 0.15) is 0 Å². The Hall–Kier alpha value is -2.27. The van der Waals surface area contributed by atoms with Gasteiger partial charge in [0.2, 0.25) is 0 Å². The van der Waals surface area contributed by atoms with E-state index in [1.807, 2.05) is 0 Å². The van der Waals surface area contributed by atoms with Gasteiger partial charge in [0.25, 0.3) is 5.56 Å². The molecule has 0 aromatic carbocycles. The zero-order valence-corrected chi connectivity index (χ0v) is 7.30. The molecule has 0 fully saturated rings. The fourth-order valence-electron chi connectivity index (χ4n) is 0.904. The first kappa shape index (κ1) is 9.82. The Labute approximate surface area is 80.0 Å². The first-order chi connectivity index (χ1) is 6.70. The third-order valence-corrected chi connectivity index (χ3v) is 1.52. The van der Waals surface area contributed by atoms with Crippen LogP contribution >= 0.6 is 0 Å². The van der Waals surface area contributed by atoms with Gasteiger partial charge in [-0.15, -0.1) is 12.8 Å². The lowest BCUT2D eigenvalue weighted by Gasteiger charge is -2.02. The summed E-state index contributed by atoms with van der Waals surface area (Å²) < 4.78 is 1.89. The predicted octanol–water partition coefficient (Wildman–Crippen LogP) is -1.33. The molecule has 0 aliphatic rings. The number of hydrogen-bond donors (Lipinski definition) is 0. The second-order valence-electron chi connectivity index (χ2n) is 2.42. The molecular formula is C9H7N3O2. The van der Waals surface area contributed by atoms with Crippen LogP contribution in [0.15, 0.2) is 15.8 Å². The van der Waals surface area contributed by atoms with E-state index in [0.29, 0.717) is 0 Å². The van der Waals surface area contributed by atoms with Gasteiger partial charge in [-0.1, -0.05) is 11.8 Å². The van der Waals surface area contributed by atoms with Crippen molar-refractivity contribution in [2.45, 2.75) is 13.1 Å². The average molecular weight is 189 g/mol. The summed E-state index contributed by atoms with van der Waals surface area (Å²) in [5.41, 5.74) is -1.12. The Balaban J connectivity index is 3.37. The van der Waals surface area contributed by atoms with Gasteiger partial charge < -0.3 is 0 Å². The van der Waals surface area contributed by atoms with Crippen LogP contribution in [0.4, 0.5) is 0 Å². The molecule has 0 N–H and O–H groups in total. The van der Waals surface area contributed by atoms with Crippen LogP contribution in [-0.4, -0.2) is 14.3 Å². The number of hydrogen-bond acceptors (Lipinski definition) is 3.